The topological polar surface area (TPSA) is 66.3 Å². The van der Waals surface area contributed by atoms with Crippen LogP contribution in [-0.2, 0) is 0 Å². The third kappa shape index (κ3) is 3.62. The van der Waals surface area contributed by atoms with Gasteiger partial charge in [0.25, 0.3) is 0 Å². The van der Waals surface area contributed by atoms with Crippen LogP contribution in [0.15, 0.2) is 36.7 Å². The maximum absolute atomic E-state index is 11.1. The number of hydrogen-bond donors (Lipinski definition) is 1. The fourth-order valence-corrected chi connectivity index (χ4v) is 3.23. The average molecular weight is 325 g/mol. The van der Waals surface area contributed by atoms with Crippen molar-refractivity contribution < 1.29 is 9.90 Å². The summed E-state index contributed by atoms with van der Waals surface area (Å²) in [5.41, 5.74) is 2.77. The van der Waals surface area contributed by atoms with E-state index in [1.807, 2.05) is 12.3 Å². The summed E-state index contributed by atoms with van der Waals surface area (Å²) in [5, 5.41) is 9.10. The number of aromatic nitrogens is 2. The third-order valence-corrected chi connectivity index (χ3v) is 4.68. The molecule has 1 aliphatic heterocycles. The molecule has 0 unspecified atom stereocenters. The Morgan fingerprint density at radius 3 is 2.79 bits per heavy atom. The molecule has 1 N–H and O–H groups in total. The van der Waals surface area contributed by atoms with Crippen LogP contribution in [0.1, 0.15) is 48.7 Å². The number of carbonyl (C=O) groups is 1. The van der Waals surface area contributed by atoms with Crippen LogP contribution in [0.5, 0.6) is 0 Å². The lowest BCUT2D eigenvalue weighted by Crippen LogP contribution is -2.39. The van der Waals surface area contributed by atoms with Crippen LogP contribution in [0.4, 0.5) is 0 Å². The maximum atomic E-state index is 11.1. The summed E-state index contributed by atoms with van der Waals surface area (Å²) >= 11 is 0. The van der Waals surface area contributed by atoms with Crippen molar-refractivity contribution in [3.8, 4) is 11.3 Å². The van der Waals surface area contributed by atoms with Crippen LogP contribution in [0.3, 0.4) is 0 Å². The molecule has 5 heteroatoms. The first-order chi connectivity index (χ1) is 11.5. The third-order valence-electron chi connectivity index (χ3n) is 4.68. The number of hydrogen-bond acceptors (Lipinski definition) is 4. The summed E-state index contributed by atoms with van der Waals surface area (Å²) in [7, 11) is 0. The smallest absolute Gasteiger partial charge is 0.335 e. The Balaban J connectivity index is 1.78. The molecule has 5 nitrogen and oxygen atoms in total. The van der Waals surface area contributed by atoms with E-state index in [1.165, 1.54) is 6.42 Å². The fourth-order valence-electron chi connectivity index (χ4n) is 3.23. The van der Waals surface area contributed by atoms with E-state index in [-0.39, 0.29) is 5.56 Å². The van der Waals surface area contributed by atoms with Gasteiger partial charge in [0.1, 0.15) is 0 Å². The minimum atomic E-state index is -0.933. The number of carboxylic acid groups (broad SMARTS) is 1. The molecule has 2 aromatic rings. The second-order valence-corrected chi connectivity index (χ2v) is 6.64. The molecule has 1 fully saturated rings. The summed E-state index contributed by atoms with van der Waals surface area (Å²) in [4.78, 5) is 22.7. The molecule has 0 aliphatic carbocycles. The van der Waals surface area contributed by atoms with E-state index in [0.29, 0.717) is 17.7 Å². The molecule has 0 bridgehead atoms. The van der Waals surface area contributed by atoms with Crippen molar-refractivity contribution in [2.75, 3.05) is 13.1 Å². The Morgan fingerprint density at radius 1 is 1.29 bits per heavy atom. The summed E-state index contributed by atoms with van der Waals surface area (Å²) < 4.78 is 0. The first-order valence-corrected chi connectivity index (χ1v) is 8.44. The lowest BCUT2D eigenvalue weighted by molar-refractivity contribution is 0.0697. The Hall–Kier alpha value is -2.27. The molecule has 1 aromatic carbocycles. The molecule has 1 aromatic heterocycles. The zero-order chi connectivity index (χ0) is 17.1. The summed E-state index contributed by atoms with van der Waals surface area (Å²) in [6, 6.07) is 7.36. The van der Waals surface area contributed by atoms with Gasteiger partial charge in [-0.1, -0.05) is 12.1 Å². The monoisotopic (exact) mass is 325 g/mol. The maximum Gasteiger partial charge on any atom is 0.335 e. The highest BCUT2D eigenvalue weighted by molar-refractivity contribution is 5.89. The molecule has 1 aliphatic rings. The molecule has 1 saturated heterocycles. The van der Waals surface area contributed by atoms with Gasteiger partial charge < -0.3 is 10.0 Å². The fraction of sp³-hybridized carbons (Fsp3) is 0.421. The van der Waals surface area contributed by atoms with E-state index < -0.39 is 5.97 Å². The number of benzene rings is 1. The van der Waals surface area contributed by atoms with E-state index in [0.717, 1.165) is 30.8 Å². The van der Waals surface area contributed by atoms with Crippen LogP contribution in [0.2, 0.25) is 0 Å². The zero-order valence-electron chi connectivity index (χ0n) is 14.1. The van der Waals surface area contributed by atoms with Gasteiger partial charge in [0, 0.05) is 30.3 Å². The van der Waals surface area contributed by atoms with E-state index in [9.17, 15) is 4.79 Å². The number of carboxylic acids is 1. The highest BCUT2D eigenvalue weighted by Gasteiger charge is 2.24. The number of rotatable bonds is 4. The number of nitrogens with zero attached hydrogens (tertiary/aromatic N) is 3. The van der Waals surface area contributed by atoms with Crippen molar-refractivity contribution in [3.05, 3.63) is 47.9 Å². The number of likely N-dealkylation sites (tertiary alicyclic amines) is 1. The van der Waals surface area contributed by atoms with Crippen LogP contribution in [-0.4, -0.2) is 45.1 Å². The Morgan fingerprint density at radius 2 is 2.12 bits per heavy atom. The first kappa shape index (κ1) is 16.6. The summed E-state index contributed by atoms with van der Waals surface area (Å²) in [6.07, 6.45) is 5.93. The minimum absolute atomic E-state index is 0.262. The SMILES string of the molecule is CC(C)N1CCC[C@H](c2cnc(-c3cccc(C(=O)O)c3)cn2)C1. The Labute approximate surface area is 142 Å². The van der Waals surface area contributed by atoms with E-state index in [4.69, 9.17) is 5.11 Å². The summed E-state index contributed by atoms with van der Waals surface area (Å²) in [6.45, 7) is 6.64. The molecule has 0 spiro atoms. The zero-order valence-corrected chi connectivity index (χ0v) is 14.1. The predicted octanol–water partition coefficient (Wildman–Crippen LogP) is 3.43. The summed E-state index contributed by atoms with van der Waals surface area (Å²) in [5.74, 6) is -0.509. The molecule has 126 valence electrons. The molecule has 1 atom stereocenters. The standard InChI is InChI=1S/C19H23N3O2/c1-13(2)22-8-4-7-16(12-22)18-11-20-17(10-21-18)14-5-3-6-15(9-14)19(23)24/h3,5-6,9-11,13,16H,4,7-8,12H2,1-2H3,(H,23,24)/t16-/m0/s1. The molecule has 0 radical (unpaired) electrons. The second-order valence-electron chi connectivity index (χ2n) is 6.64. The lowest BCUT2D eigenvalue weighted by atomic mass is 9.94. The Bertz CT molecular complexity index is 713. The largest absolute Gasteiger partial charge is 0.478 e. The molecular formula is C19H23N3O2. The highest BCUT2D eigenvalue weighted by atomic mass is 16.4. The van der Waals surface area contributed by atoms with Crippen LogP contribution in [0.25, 0.3) is 11.3 Å². The molecule has 0 saturated carbocycles. The molecular weight excluding hydrogens is 302 g/mol. The van der Waals surface area contributed by atoms with Crippen molar-refractivity contribution in [2.24, 2.45) is 0 Å². The highest BCUT2D eigenvalue weighted by Crippen LogP contribution is 2.27. The van der Waals surface area contributed by atoms with Gasteiger partial charge in [-0.25, -0.2) is 4.79 Å². The van der Waals surface area contributed by atoms with Gasteiger partial charge in [0.05, 0.1) is 23.1 Å². The van der Waals surface area contributed by atoms with Crippen LogP contribution >= 0.6 is 0 Å². The van der Waals surface area contributed by atoms with Gasteiger partial charge in [-0.15, -0.1) is 0 Å². The van der Waals surface area contributed by atoms with Gasteiger partial charge >= 0.3 is 5.97 Å². The van der Waals surface area contributed by atoms with E-state index >= 15 is 0 Å². The van der Waals surface area contributed by atoms with Crippen LogP contribution in [0, 0.1) is 0 Å². The van der Waals surface area contributed by atoms with E-state index in [2.05, 4.69) is 28.7 Å². The normalized spacial score (nSPS) is 18.7. The van der Waals surface area contributed by atoms with Gasteiger partial charge in [0.2, 0.25) is 0 Å². The Kier molecular flexibility index (Phi) is 4.90. The minimum Gasteiger partial charge on any atom is -0.478 e. The van der Waals surface area contributed by atoms with Crippen molar-refractivity contribution in [1.29, 1.82) is 0 Å². The van der Waals surface area contributed by atoms with Gasteiger partial charge in [0.15, 0.2) is 0 Å². The first-order valence-electron chi connectivity index (χ1n) is 8.44. The second kappa shape index (κ2) is 7.09. The van der Waals surface area contributed by atoms with Crippen molar-refractivity contribution >= 4 is 5.97 Å². The van der Waals surface area contributed by atoms with Crippen LogP contribution < -0.4 is 0 Å². The lowest BCUT2D eigenvalue weighted by Gasteiger charge is -2.35. The van der Waals surface area contributed by atoms with Crippen molar-refractivity contribution in [3.63, 3.8) is 0 Å². The molecule has 24 heavy (non-hydrogen) atoms. The predicted molar refractivity (Wildman–Crippen MR) is 93.1 cm³/mol. The quantitative estimate of drug-likeness (QED) is 0.933. The van der Waals surface area contributed by atoms with Gasteiger partial charge in [-0.05, 0) is 45.4 Å². The van der Waals surface area contributed by atoms with Gasteiger partial charge in [-0.2, -0.15) is 0 Å². The molecule has 2 heterocycles. The number of piperidine rings is 1. The van der Waals surface area contributed by atoms with Gasteiger partial charge in [-0.3, -0.25) is 9.97 Å². The molecule has 0 amide bonds. The molecule has 3 rings (SSSR count). The van der Waals surface area contributed by atoms with E-state index in [1.54, 1.807) is 24.4 Å². The van der Waals surface area contributed by atoms with Crippen molar-refractivity contribution in [1.82, 2.24) is 14.9 Å². The average Bonchev–Trinajstić information content (AvgIpc) is 2.62. The number of aromatic carboxylic acids is 1. The van der Waals surface area contributed by atoms with Crippen molar-refractivity contribution in [2.45, 2.75) is 38.6 Å².